The van der Waals surface area contributed by atoms with Gasteiger partial charge in [-0.3, -0.25) is 9.78 Å². The third kappa shape index (κ3) is 2.45. The Bertz CT molecular complexity index is 673. The molecular weight excluding hydrogens is 264 g/mol. The minimum Gasteiger partial charge on any atom is -0.398 e. The average Bonchev–Trinajstić information content (AvgIpc) is 2.40. The minimum absolute atomic E-state index is 0.102. The third-order valence-electron chi connectivity index (χ3n) is 3.11. The van der Waals surface area contributed by atoms with E-state index in [1.807, 2.05) is 0 Å². The van der Waals surface area contributed by atoms with Crippen molar-refractivity contribution in [2.45, 2.75) is 12.8 Å². The van der Waals surface area contributed by atoms with Gasteiger partial charge in [0.05, 0.1) is 11.3 Å². The molecule has 4 N–H and O–H groups in total. The zero-order chi connectivity index (χ0) is 14.9. The first kappa shape index (κ1) is 13.9. The Labute approximate surface area is 114 Å². The van der Waals surface area contributed by atoms with Crippen molar-refractivity contribution in [2.24, 2.45) is 5.73 Å². The van der Waals surface area contributed by atoms with Crippen molar-refractivity contribution in [3.05, 3.63) is 58.9 Å². The van der Waals surface area contributed by atoms with Crippen LogP contribution in [0.2, 0.25) is 0 Å². The van der Waals surface area contributed by atoms with Crippen LogP contribution in [0.15, 0.2) is 30.5 Å². The number of benzene rings is 1. The summed E-state index contributed by atoms with van der Waals surface area (Å²) in [6.07, 6.45) is 1.44. The van der Waals surface area contributed by atoms with E-state index >= 15 is 0 Å². The highest BCUT2D eigenvalue weighted by molar-refractivity contribution is 5.99. The second-order valence-electron chi connectivity index (χ2n) is 4.42. The molecule has 0 spiro atoms. The zero-order valence-electron chi connectivity index (χ0n) is 10.7. The van der Waals surface area contributed by atoms with Gasteiger partial charge in [-0.25, -0.2) is 8.78 Å². The summed E-state index contributed by atoms with van der Waals surface area (Å²) in [6.45, 7) is 1.71. The predicted octanol–water partition coefficient (Wildman–Crippen LogP) is 2.19. The molecule has 0 saturated heterocycles. The van der Waals surface area contributed by atoms with Gasteiger partial charge >= 0.3 is 0 Å². The van der Waals surface area contributed by atoms with Gasteiger partial charge in [0.2, 0.25) is 0 Å². The summed E-state index contributed by atoms with van der Waals surface area (Å²) in [5, 5.41) is 0. The van der Waals surface area contributed by atoms with Gasteiger partial charge in [-0.15, -0.1) is 0 Å². The van der Waals surface area contributed by atoms with Crippen LogP contribution in [0.3, 0.4) is 0 Å². The summed E-state index contributed by atoms with van der Waals surface area (Å²) in [4.78, 5) is 15.6. The number of pyridine rings is 1. The molecule has 1 heterocycles. The average molecular weight is 277 g/mol. The van der Waals surface area contributed by atoms with E-state index in [1.165, 1.54) is 18.3 Å². The van der Waals surface area contributed by atoms with Crippen molar-refractivity contribution in [3.63, 3.8) is 0 Å². The molecule has 104 valence electrons. The molecule has 1 aromatic heterocycles. The maximum Gasteiger partial charge on any atom is 0.252 e. The van der Waals surface area contributed by atoms with Gasteiger partial charge in [0.25, 0.3) is 5.91 Å². The number of aromatic nitrogens is 1. The quantitative estimate of drug-likeness (QED) is 0.902. The lowest BCUT2D eigenvalue weighted by Crippen LogP contribution is -2.19. The summed E-state index contributed by atoms with van der Waals surface area (Å²) < 4.78 is 26.2. The fourth-order valence-corrected chi connectivity index (χ4v) is 2.03. The van der Waals surface area contributed by atoms with Crippen molar-refractivity contribution in [1.82, 2.24) is 4.98 Å². The second-order valence-corrected chi connectivity index (χ2v) is 4.42. The molecule has 20 heavy (non-hydrogen) atoms. The number of rotatable bonds is 3. The number of hydrogen-bond acceptors (Lipinski definition) is 3. The van der Waals surface area contributed by atoms with Crippen LogP contribution in [-0.2, 0) is 0 Å². The molecule has 0 aliphatic heterocycles. The normalized spacial score (nSPS) is 12.2. The molecule has 0 aliphatic carbocycles. The standard InChI is InChI=1S/C14H13F2N3O/c1-7(8-2-3-9(15)10(16)6-8)13-12(14(18)20)11(17)4-5-19-13/h2-7H,1H3,(H2,17,19)(H2,18,20)/t7-/m0/s1. The number of carbonyl (C=O) groups excluding carboxylic acids is 1. The van der Waals surface area contributed by atoms with Crippen LogP contribution < -0.4 is 11.5 Å². The molecule has 2 rings (SSSR count). The smallest absolute Gasteiger partial charge is 0.252 e. The van der Waals surface area contributed by atoms with Crippen LogP contribution in [0.4, 0.5) is 14.5 Å². The van der Waals surface area contributed by atoms with E-state index < -0.39 is 23.5 Å². The molecule has 4 nitrogen and oxygen atoms in total. The first-order valence-corrected chi connectivity index (χ1v) is 5.91. The van der Waals surface area contributed by atoms with Crippen LogP contribution in [0.25, 0.3) is 0 Å². The number of primary amides is 1. The van der Waals surface area contributed by atoms with Crippen LogP contribution in [0.1, 0.15) is 34.5 Å². The van der Waals surface area contributed by atoms with Crippen molar-refractivity contribution >= 4 is 11.6 Å². The highest BCUT2D eigenvalue weighted by Crippen LogP contribution is 2.28. The van der Waals surface area contributed by atoms with E-state index in [9.17, 15) is 13.6 Å². The number of hydrogen-bond donors (Lipinski definition) is 2. The number of nitrogen functional groups attached to an aromatic ring is 1. The molecule has 0 fully saturated rings. The highest BCUT2D eigenvalue weighted by Gasteiger charge is 2.20. The van der Waals surface area contributed by atoms with Crippen LogP contribution >= 0.6 is 0 Å². The van der Waals surface area contributed by atoms with E-state index in [4.69, 9.17) is 11.5 Å². The zero-order valence-corrected chi connectivity index (χ0v) is 10.7. The van der Waals surface area contributed by atoms with Crippen LogP contribution in [0.5, 0.6) is 0 Å². The molecule has 6 heteroatoms. The SMILES string of the molecule is C[C@@H](c1ccc(F)c(F)c1)c1nccc(N)c1C(N)=O. The number of anilines is 1. The molecule has 1 amide bonds. The number of halogens is 2. The Kier molecular flexibility index (Phi) is 3.65. The van der Waals surface area contributed by atoms with Crippen LogP contribution in [0, 0.1) is 11.6 Å². The van der Waals surface area contributed by atoms with Crippen molar-refractivity contribution in [2.75, 3.05) is 5.73 Å². The lowest BCUT2D eigenvalue weighted by molar-refractivity contribution is 0.0999. The van der Waals surface area contributed by atoms with Crippen molar-refractivity contribution in [1.29, 1.82) is 0 Å². The summed E-state index contributed by atoms with van der Waals surface area (Å²) in [7, 11) is 0. The summed E-state index contributed by atoms with van der Waals surface area (Å²) in [5.74, 6) is -3.05. The number of nitrogens with zero attached hydrogens (tertiary/aromatic N) is 1. The molecule has 1 aromatic carbocycles. The Morgan fingerprint density at radius 2 is 1.95 bits per heavy atom. The molecule has 0 bridgehead atoms. The lowest BCUT2D eigenvalue weighted by Gasteiger charge is -2.15. The van der Waals surface area contributed by atoms with Gasteiger partial charge in [-0.05, 0) is 23.8 Å². The van der Waals surface area contributed by atoms with Crippen molar-refractivity contribution < 1.29 is 13.6 Å². The Morgan fingerprint density at radius 1 is 1.25 bits per heavy atom. The molecule has 0 saturated carbocycles. The number of carbonyl (C=O) groups is 1. The molecule has 0 aliphatic rings. The first-order chi connectivity index (χ1) is 9.41. The van der Waals surface area contributed by atoms with Gasteiger partial charge in [0.15, 0.2) is 11.6 Å². The van der Waals surface area contributed by atoms with Gasteiger partial charge < -0.3 is 11.5 Å². The number of nitrogens with two attached hydrogens (primary N) is 2. The number of amides is 1. The van der Waals surface area contributed by atoms with E-state index in [-0.39, 0.29) is 11.3 Å². The minimum atomic E-state index is -0.959. The topological polar surface area (TPSA) is 82.0 Å². The molecule has 2 aromatic rings. The predicted molar refractivity (Wildman–Crippen MR) is 71.0 cm³/mol. The van der Waals surface area contributed by atoms with Gasteiger partial charge in [0.1, 0.15) is 0 Å². The highest BCUT2D eigenvalue weighted by atomic mass is 19.2. The molecule has 0 radical (unpaired) electrons. The fourth-order valence-electron chi connectivity index (χ4n) is 2.03. The van der Waals surface area contributed by atoms with E-state index in [0.717, 1.165) is 12.1 Å². The fraction of sp³-hybridized carbons (Fsp3) is 0.143. The van der Waals surface area contributed by atoms with Gasteiger partial charge in [0, 0.05) is 17.8 Å². The maximum atomic E-state index is 13.3. The molecule has 0 unspecified atom stereocenters. The summed E-state index contributed by atoms with van der Waals surface area (Å²) >= 11 is 0. The summed E-state index contributed by atoms with van der Waals surface area (Å²) in [6, 6.07) is 4.98. The van der Waals surface area contributed by atoms with Gasteiger partial charge in [-0.1, -0.05) is 13.0 Å². The molecule has 1 atom stereocenters. The third-order valence-corrected chi connectivity index (χ3v) is 3.11. The monoisotopic (exact) mass is 277 g/mol. The maximum absolute atomic E-state index is 13.3. The Hall–Kier alpha value is -2.50. The van der Waals surface area contributed by atoms with E-state index in [0.29, 0.717) is 11.3 Å². The van der Waals surface area contributed by atoms with Crippen LogP contribution in [-0.4, -0.2) is 10.9 Å². The Balaban J connectivity index is 2.53. The van der Waals surface area contributed by atoms with Gasteiger partial charge in [-0.2, -0.15) is 0 Å². The Morgan fingerprint density at radius 3 is 2.55 bits per heavy atom. The first-order valence-electron chi connectivity index (χ1n) is 5.91. The summed E-state index contributed by atoms with van der Waals surface area (Å²) in [5.41, 5.74) is 12.1. The molecular formula is C14H13F2N3O. The second kappa shape index (κ2) is 5.24. The lowest BCUT2D eigenvalue weighted by atomic mass is 9.93. The van der Waals surface area contributed by atoms with Crippen molar-refractivity contribution in [3.8, 4) is 0 Å². The van der Waals surface area contributed by atoms with E-state index in [2.05, 4.69) is 4.98 Å². The van der Waals surface area contributed by atoms with E-state index in [1.54, 1.807) is 6.92 Å². The largest absolute Gasteiger partial charge is 0.398 e.